The van der Waals surface area contributed by atoms with Gasteiger partial charge in [-0.3, -0.25) is 4.79 Å². The zero-order valence-electron chi connectivity index (χ0n) is 9.56. The van der Waals surface area contributed by atoms with Crippen LogP contribution in [0.25, 0.3) is 0 Å². The summed E-state index contributed by atoms with van der Waals surface area (Å²) in [5, 5.41) is 8.61. The number of carbonyl (C=O) groups is 1. The lowest BCUT2D eigenvalue weighted by Gasteiger charge is -2.09. The molecule has 1 atom stereocenters. The molecular formula is C13H15NO2. The Kier molecular flexibility index (Phi) is 4.53. The van der Waals surface area contributed by atoms with Gasteiger partial charge in [0, 0.05) is 5.92 Å². The number of carbonyl (C=O) groups excluding carboxylic acids is 1. The van der Waals surface area contributed by atoms with E-state index < -0.39 is 0 Å². The molecule has 1 aromatic carbocycles. The highest BCUT2D eigenvalue weighted by molar-refractivity contribution is 5.82. The largest absolute Gasteiger partial charge is 0.486 e. The normalized spacial score (nSPS) is 11.6. The van der Waals surface area contributed by atoms with E-state index in [1.807, 2.05) is 19.9 Å². The molecule has 1 aromatic rings. The number of hydrogen-bond acceptors (Lipinski definition) is 3. The van der Waals surface area contributed by atoms with Gasteiger partial charge < -0.3 is 4.74 Å². The van der Waals surface area contributed by atoms with Crippen LogP contribution in [0.15, 0.2) is 24.3 Å². The Hall–Kier alpha value is -1.82. The molecule has 3 nitrogen and oxygen atoms in total. The number of hydrogen-bond donors (Lipinski definition) is 0. The van der Waals surface area contributed by atoms with Crippen LogP contribution in [0, 0.1) is 17.2 Å². The SMILES string of the molecule is CCC(C)C(=O)COc1ccc(C#N)cc1. The van der Waals surface area contributed by atoms with Crippen molar-refractivity contribution in [2.75, 3.05) is 6.61 Å². The summed E-state index contributed by atoms with van der Waals surface area (Å²) in [6.07, 6.45) is 0.829. The van der Waals surface area contributed by atoms with Crippen molar-refractivity contribution >= 4 is 5.78 Å². The van der Waals surface area contributed by atoms with E-state index in [4.69, 9.17) is 10.00 Å². The number of nitriles is 1. The lowest BCUT2D eigenvalue weighted by molar-refractivity contribution is -0.124. The van der Waals surface area contributed by atoms with Crippen LogP contribution in [0.2, 0.25) is 0 Å². The maximum absolute atomic E-state index is 11.5. The smallest absolute Gasteiger partial charge is 0.172 e. The van der Waals surface area contributed by atoms with Crippen molar-refractivity contribution in [3.63, 3.8) is 0 Å². The zero-order valence-corrected chi connectivity index (χ0v) is 9.56. The van der Waals surface area contributed by atoms with E-state index >= 15 is 0 Å². The molecule has 0 saturated heterocycles. The molecule has 0 amide bonds. The molecule has 0 aromatic heterocycles. The first-order chi connectivity index (χ1) is 7.67. The molecule has 16 heavy (non-hydrogen) atoms. The first-order valence-corrected chi connectivity index (χ1v) is 5.33. The summed E-state index contributed by atoms with van der Waals surface area (Å²) < 4.78 is 5.33. The van der Waals surface area contributed by atoms with Crippen LogP contribution < -0.4 is 4.74 Å². The quantitative estimate of drug-likeness (QED) is 0.761. The van der Waals surface area contributed by atoms with Crippen LogP contribution in [-0.4, -0.2) is 12.4 Å². The summed E-state index contributed by atoms with van der Waals surface area (Å²) in [5.41, 5.74) is 0.584. The van der Waals surface area contributed by atoms with Crippen molar-refractivity contribution in [3.05, 3.63) is 29.8 Å². The van der Waals surface area contributed by atoms with E-state index in [0.29, 0.717) is 11.3 Å². The van der Waals surface area contributed by atoms with Crippen molar-refractivity contribution in [2.45, 2.75) is 20.3 Å². The molecule has 0 aliphatic carbocycles. The van der Waals surface area contributed by atoms with Gasteiger partial charge >= 0.3 is 0 Å². The van der Waals surface area contributed by atoms with Crippen molar-refractivity contribution in [2.24, 2.45) is 5.92 Å². The van der Waals surface area contributed by atoms with Crippen LogP contribution >= 0.6 is 0 Å². The molecule has 3 heteroatoms. The van der Waals surface area contributed by atoms with Gasteiger partial charge in [-0.15, -0.1) is 0 Å². The summed E-state index contributed by atoms with van der Waals surface area (Å²) >= 11 is 0. The lowest BCUT2D eigenvalue weighted by Crippen LogP contribution is -2.18. The maximum atomic E-state index is 11.5. The van der Waals surface area contributed by atoms with Gasteiger partial charge in [-0.2, -0.15) is 5.26 Å². The Bertz CT molecular complexity index is 389. The van der Waals surface area contributed by atoms with Gasteiger partial charge in [-0.25, -0.2) is 0 Å². The lowest BCUT2D eigenvalue weighted by atomic mass is 10.0. The second kappa shape index (κ2) is 5.92. The molecule has 0 N–H and O–H groups in total. The zero-order chi connectivity index (χ0) is 12.0. The highest BCUT2D eigenvalue weighted by Crippen LogP contribution is 2.12. The molecule has 84 valence electrons. The van der Waals surface area contributed by atoms with Crippen molar-refractivity contribution < 1.29 is 9.53 Å². The highest BCUT2D eigenvalue weighted by Gasteiger charge is 2.10. The fourth-order valence-electron chi connectivity index (χ4n) is 1.15. The average Bonchev–Trinajstić information content (AvgIpc) is 2.35. The van der Waals surface area contributed by atoms with Gasteiger partial charge in [0.15, 0.2) is 5.78 Å². The van der Waals surface area contributed by atoms with Gasteiger partial charge in [0.1, 0.15) is 12.4 Å². The van der Waals surface area contributed by atoms with E-state index in [0.717, 1.165) is 6.42 Å². The second-order valence-electron chi connectivity index (χ2n) is 3.70. The first-order valence-electron chi connectivity index (χ1n) is 5.33. The topological polar surface area (TPSA) is 50.1 Å². The minimum absolute atomic E-state index is 0.0402. The second-order valence-corrected chi connectivity index (χ2v) is 3.70. The molecule has 0 bridgehead atoms. The van der Waals surface area contributed by atoms with E-state index in [2.05, 4.69) is 0 Å². The Morgan fingerprint density at radius 2 is 2.06 bits per heavy atom. The molecule has 0 aliphatic rings. The Morgan fingerprint density at radius 3 is 2.56 bits per heavy atom. The molecule has 0 radical (unpaired) electrons. The van der Waals surface area contributed by atoms with Gasteiger partial charge in [-0.1, -0.05) is 13.8 Å². The fraction of sp³-hybridized carbons (Fsp3) is 0.385. The highest BCUT2D eigenvalue weighted by atomic mass is 16.5. The summed E-state index contributed by atoms with van der Waals surface area (Å²) in [5.74, 6) is 0.765. The third kappa shape index (κ3) is 3.39. The Morgan fingerprint density at radius 1 is 1.44 bits per heavy atom. The van der Waals surface area contributed by atoms with Crippen LogP contribution in [0.1, 0.15) is 25.8 Å². The number of rotatable bonds is 5. The van der Waals surface area contributed by atoms with Gasteiger partial charge in [-0.05, 0) is 30.7 Å². The molecule has 0 aliphatic heterocycles. The molecule has 0 saturated carbocycles. The van der Waals surface area contributed by atoms with Crippen LogP contribution in [0.4, 0.5) is 0 Å². The Balaban J connectivity index is 2.49. The van der Waals surface area contributed by atoms with E-state index in [1.54, 1.807) is 24.3 Å². The molecule has 0 spiro atoms. The summed E-state index contributed by atoms with van der Waals surface area (Å²) in [7, 11) is 0. The minimum Gasteiger partial charge on any atom is -0.486 e. The predicted octanol–water partition coefficient (Wildman–Crippen LogP) is 2.55. The van der Waals surface area contributed by atoms with E-state index in [9.17, 15) is 4.79 Å². The van der Waals surface area contributed by atoms with Crippen molar-refractivity contribution in [1.82, 2.24) is 0 Å². The van der Waals surface area contributed by atoms with Crippen molar-refractivity contribution in [3.8, 4) is 11.8 Å². The monoisotopic (exact) mass is 217 g/mol. The van der Waals surface area contributed by atoms with E-state index in [1.165, 1.54) is 0 Å². The molecule has 0 fully saturated rings. The number of Topliss-reactive ketones (excluding diaryl/α,β-unsaturated/α-hetero) is 1. The predicted molar refractivity (Wildman–Crippen MR) is 61.1 cm³/mol. The average molecular weight is 217 g/mol. The van der Waals surface area contributed by atoms with Gasteiger partial charge in [0.25, 0.3) is 0 Å². The van der Waals surface area contributed by atoms with E-state index in [-0.39, 0.29) is 18.3 Å². The summed E-state index contributed by atoms with van der Waals surface area (Å²) in [6.45, 7) is 3.97. The maximum Gasteiger partial charge on any atom is 0.172 e. The number of nitrogens with zero attached hydrogens (tertiary/aromatic N) is 1. The molecule has 0 heterocycles. The number of ether oxygens (including phenoxy) is 1. The van der Waals surface area contributed by atoms with Crippen LogP contribution in [0.3, 0.4) is 0 Å². The molecular weight excluding hydrogens is 202 g/mol. The summed E-state index contributed by atoms with van der Waals surface area (Å²) in [6, 6.07) is 8.76. The number of ketones is 1. The summed E-state index contributed by atoms with van der Waals surface area (Å²) in [4.78, 5) is 11.5. The van der Waals surface area contributed by atoms with Gasteiger partial charge in [0.05, 0.1) is 11.6 Å². The minimum atomic E-state index is 0.0402. The number of benzene rings is 1. The van der Waals surface area contributed by atoms with Crippen LogP contribution in [-0.2, 0) is 4.79 Å². The molecule has 1 rings (SSSR count). The Labute approximate surface area is 95.7 Å². The standard InChI is InChI=1S/C13H15NO2/c1-3-10(2)13(15)9-16-12-6-4-11(8-14)5-7-12/h4-7,10H,3,9H2,1-2H3. The third-order valence-electron chi connectivity index (χ3n) is 2.53. The molecule has 1 unspecified atom stereocenters. The van der Waals surface area contributed by atoms with Crippen molar-refractivity contribution in [1.29, 1.82) is 5.26 Å². The van der Waals surface area contributed by atoms with Gasteiger partial charge in [0.2, 0.25) is 0 Å². The van der Waals surface area contributed by atoms with Crippen LogP contribution in [0.5, 0.6) is 5.75 Å². The third-order valence-corrected chi connectivity index (χ3v) is 2.53. The fourth-order valence-corrected chi connectivity index (χ4v) is 1.15. The first kappa shape index (κ1) is 12.3.